The first kappa shape index (κ1) is 21.1. The summed E-state index contributed by atoms with van der Waals surface area (Å²) in [6.45, 7) is 2.52. The zero-order valence-electron chi connectivity index (χ0n) is 16.9. The van der Waals surface area contributed by atoms with Crippen LogP contribution in [-0.2, 0) is 6.42 Å². The molecule has 154 valence electrons. The van der Waals surface area contributed by atoms with Crippen molar-refractivity contribution in [3.05, 3.63) is 59.7 Å². The number of rotatable bonds is 7. The van der Waals surface area contributed by atoms with E-state index in [4.69, 9.17) is 17.0 Å². The average molecular weight is 412 g/mol. The minimum Gasteiger partial charge on any atom is -0.497 e. The van der Waals surface area contributed by atoms with Crippen LogP contribution < -0.4 is 15.4 Å². The Morgan fingerprint density at radius 2 is 1.72 bits per heavy atom. The van der Waals surface area contributed by atoms with Crippen molar-refractivity contribution in [2.45, 2.75) is 32.1 Å². The van der Waals surface area contributed by atoms with Crippen LogP contribution in [0.4, 0.5) is 5.69 Å². The largest absolute Gasteiger partial charge is 0.497 e. The number of carbonyl (C=O) groups excluding carboxylic acids is 1. The zero-order chi connectivity index (χ0) is 20.5. The Morgan fingerprint density at radius 3 is 2.38 bits per heavy atom. The maximum absolute atomic E-state index is 12.5. The van der Waals surface area contributed by atoms with Crippen molar-refractivity contribution in [2.75, 3.05) is 32.1 Å². The maximum Gasteiger partial charge on any atom is 0.253 e. The molecule has 0 aliphatic carbocycles. The fraction of sp³-hybridized carbons (Fsp3) is 0.391. The summed E-state index contributed by atoms with van der Waals surface area (Å²) in [6, 6.07) is 15.7. The maximum atomic E-state index is 12.5. The average Bonchev–Trinajstić information content (AvgIpc) is 2.78. The van der Waals surface area contributed by atoms with Gasteiger partial charge in [-0.1, -0.05) is 12.1 Å². The Labute approximate surface area is 178 Å². The molecule has 29 heavy (non-hydrogen) atoms. The standard InChI is InChI=1S/C23H29N3O2S/c1-28-21-13-7-18(8-14-21)6-5-15-24-23(29)25-20-11-9-19(10-12-20)22(27)26-16-3-2-4-17-26/h7-14H,2-6,15-17H2,1H3,(H2,24,25,29). The monoisotopic (exact) mass is 411 g/mol. The molecule has 0 atom stereocenters. The number of nitrogens with zero attached hydrogens (tertiary/aromatic N) is 1. The smallest absolute Gasteiger partial charge is 0.253 e. The fourth-order valence-electron chi connectivity index (χ4n) is 3.44. The van der Waals surface area contributed by atoms with Gasteiger partial charge in [0.05, 0.1) is 7.11 Å². The van der Waals surface area contributed by atoms with Crippen molar-refractivity contribution in [1.82, 2.24) is 10.2 Å². The predicted octanol–water partition coefficient (Wildman–Crippen LogP) is 4.24. The number of methoxy groups -OCH3 is 1. The van der Waals surface area contributed by atoms with Crippen LogP contribution in [0.5, 0.6) is 5.75 Å². The molecule has 0 saturated carbocycles. The fourth-order valence-corrected chi connectivity index (χ4v) is 3.66. The number of likely N-dealkylation sites (tertiary alicyclic amines) is 1. The number of hydrogen-bond donors (Lipinski definition) is 2. The second-order valence-electron chi connectivity index (χ2n) is 7.26. The molecular weight excluding hydrogens is 382 g/mol. The molecule has 6 heteroatoms. The number of hydrogen-bond acceptors (Lipinski definition) is 3. The van der Waals surface area contributed by atoms with Crippen LogP contribution in [-0.4, -0.2) is 42.7 Å². The Balaban J connectivity index is 1.39. The van der Waals surface area contributed by atoms with Crippen LogP contribution >= 0.6 is 12.2 Å². The van der Waals surface area contributed by atoms with Crippen molar-refractivity contribution in [3.8, 4) is 5.75 Å². The van der Waals surface area contributed by atoms with Gasteiger partial charge in [-0.3, -0.25) is 4.79 Å². The Kier molecular flexibility index (Phi) is 7.87. The van der Waals surface area contributed by atoms with Crippen LogP contribution in [0.2, 0.25) is 0 Å². The molecule has 1 aliphatic heterocycles. The molecule has 3 rings (SSSR count). The summed E-state index contributed by atoms with van der Waals surface area (Å²) in [6.07, 6.45) is 5.38. The first-order valence-corrected chi connectivity index (χ1v) is 10.6. The van der Waals surface area contributed by atoms with Crippen LogP contribution in [0.1, 0.15) is 41.6 Å². The number of benzene rings is 2. The first-order chi connectivity index (χ1) is 14.2. The highest BCUT2D eigenvalue weighted by atomic mass is 32.1. The molecule has 1 amide bonds. The number of aryl methyl sites for hydroxylation is 1. The Bertz CT molecular complexity index is 800. The third kappa shape index (κ3) is 6.46. The highest BCUT2D eigenvalue weighted by Crippen LogP contribution is 2.16. The van der Waals surface area contributed by atoms with Gasteiger partial charge in [-0.25, -0.2) is 0 Å². The van der Waals surface area contributed by atoms with Crippen LogP contribution in [0.15, 0.2) is 48.5 Å². The second-order valence-corrected chi connectivity index (χ2v) is 7.67. The summed E-state index contributed by atoms with van der Waals surface area (Å²) in [5.41, 5.74) is 2.89. The minimum atomic E-state index is 0.121. The molecular formula is C23H29N3O2S. The Hall–Kier alpha value is -2.60. The van der Waals surface area contributed by atoms with Crippen molar-refractivity contribution >= 4 is 28.9 Å². The molecule has 2 aromatic rings. The van der Waals surface area contributed by atoms with E-state index in [-0.39, 0.29) is 5.91 Å². The summed E-state index contributed by atoms with van der Waals surface area (Å²) < 4.78 is 5.18. The van der Waals surface area contributed by atoms with E-state index in [9.17, 15) is 4.79 Å². The van der Waals surface area contributed by atoms with Gasteiger partial charge < -0.3 is 20.3 Å². The van der Waals surface area contributed by atoms with Crippen molar-refractivity contribution in [3.63, 3.8) is 0 Å². The second kappa shape index (κ2) is 10.8. The molecule has 2 N–H and O–H groups in total. The molecule has 1 aliphatic rings. The highest BCUT2D eigenvalue weighted by molar-refractivity contribution is 7.80. The molecule has 1 fully saturated rings. The number of thiocarbonyl (C=S) groups is 1. The SMILES string of the molecule is COc1ccc(CCCNC(=S)Nc2ccc(C(=O)N3CCCCC3)cc2)cc1. The third-order valence-corrected chi connectivity index (χ3v) is 5.37. The summed E-state index contributed by atoms with van der Waals surface area (Å²) in [5, 5.41) is 7.01. The lowest BCUT2D eigenvalue weighted by molar-refractivity contribution is 0.0724. The summed E-state index contributed by atoms with van der Waals surface area (Å²) >= 11 is 5.37. The zero-order valence-corrected chi connectivity index (χ0v) is 17.8. The molecule has 0 bridgehead atoms. The van der Waals surface area contributed by atoms with Gasteiger partial charge in [0.2, 0.25) is 0 Å². The molecule has 5 nitrogen and oxygen atoms in total. The van der Waals surface area contributed by atoms with E-state index in [2.05, 4.69) is 22.8 Å². The van der Waals surface area contributed by atoms with Crippen molar-refractivity contribution < 1.29 is 9.53 Å². The molecule has 2 aromatic carbocycles. The summed E-state index contributed by atoms with van der Waals surface area (Å²) in [7, 11) is 1.67. The summed E-state index contributed by atoms with van der Waals surface area (Å²) in [5.74, 6) is 0.997. The lowest BCUT2D eigenvalue weighted by Gasteiger charge is -2.26. The predicted molar refractivity (Wildman–Crippen MR) is 122 cm³/mol. The van der Waals surface area contributed by atoms with Gasteiger partial charge in [0.25, 0.3) is 5.91 Å². The molecule has 0 unspecified atom stereocenters. The van der Waals surface area contributed by atoms with Crippen molar-refractivity contribution in [1.29, 1.82) is 0 Å². The van der Waals surface area contributed by atoms with Crippen LogP contribution in [0.25, 0.3) is 0 Å². The normalized spacial score (nSPS) is 13.6. The van der Waals surface area contributed by atoms with Crippen LogP contribution in [0, 0.1) is 0 Å². The van der Waals surface area contributed by atoms with E-state index in [1.54, 1.807) is 7.11 Å². The van der Waals surface area contributed by atoms with E-state index in [0.29, 0.717) is 5.11 Å². The van der Waals surface area contributed by atoms with Gasteiger partial charge in [0, 0.05) is 30.9 Å². The third-order valence-electron chi connectivity index (χ3n) is 5.12. The number of amides is 1. The van der Waals surface area contributed by atoms with E-state index in [1.807, 2.05) is 41.3 Å². The lowest BCUT2D eigenvalue weighted by atomic mass is 10.1. The first-order valence-electron chi connectivity index (χ1n) is 10.2. The van der Waals surface area contributed by atoms with Gasteiger partial charge in [0.15, 0.2) is 5.11 Å². The molecule has 0 aromatic heterocycles. The molecule has 0 radical (unpaired) electrons. The van der Waals surface area contributed by atoms with E-state index in [1.165, 1.54) is 12.0 Å². The molecule has 1 heterocycles. The lowest BCUT2D eigenvalue weighted by Crippen LogP contribution is -2.35. The summed E-state index contributed by atoms with van der Waals surface area (Å²) in [4.78, 5) is 14.5. The number of ether oxygens (including phenoxy) is 1. The van der Waals surface area contributed by atoms with Gasteiger partial charge >= 0.3 is 0 Å². The number of piperidine rings is 1. The van der Waals surface area contributed by atoms with Crippen LogP contribution in [0.3, 0.4) is 0 Å². The Morgan fingerprint density at radius 1 is 1.03 bits per heavy atom. The number of nitrogens with one attached hydrogen (secondary N) is 2. The van der Waals surface area contributed by atoms with E-state index in [0.717, 1.165) is 62.3 Å². The van der Waals surface area contributed by atoms with Gasteiger partial charge in [-0.15, -0.1) is 0 Å². The molecule has 0 spiro atoms. The van der Waals surface area contributed by atoms with Gasteiger partial charge in [0.1, 0.15) is 5.75 Å². The van der Waals surface area contributed by atoms with E-state index >= 15 is 0 Å². The van der Waals surface area contributed by atoms with E-state index < -0.39 is 0 Å². The molecule has 1 saturated heterocycles. The quantitative estimate of drug-likeness (QED) is 0.527. The highest BCUT2D eigenvalue weighted by Gasteiger charge is 2.17. The minimum absolute atomic E-state index is 0.121. The topological polar surface area (TPSA) is 53.6 Å². The number of carbonyl (C=O) groups is 1. The number of anilines is 1. The van der Waals surface area contributed by atoms with Crippen molar-refractivity contribution in [2.24, 2.45) is 0 Å². The van der Waals surface area contributed by atoms with Gasteiger partial charge in [-0.05, 0) is 86.3 Å². The van der Waals surface area contributed by atoms with Gasteiger partial charge in [-0.2, -0.15) is 0 Å².